The summed E-state index contributed by atoms with van der Waals surface area (Å²) in [7, 11) is 0. The molecule has 6 unspecified atom stereocenters. The van der Waals surface area contributed by atoms with Gasteiger partial charge in [-0.15, -0.1) is 0 Å². The van der Waals surface area contributed by atoms with Gasteiger partial charge in [-0.3, -0.25) is 4.90 Å². The molecule has 5 fully saturated rings. The second-order valence-electron chi connectivity index (χ2n) is 20.6. The summed E-state index contributed by atoms with van der Waals surface area (Å²) in [6.45, 7) is 0. The first-order chi connectivity index (χ1) is 25.8. The van der Waals surface area contributed by atoms with E-state index in [4.69, 9.17) is 0 Å². The maximum absolute atomic E-state index is 3.26. The average molecular weight is 705 g/mol. The third-order valence-corrected chi connectivity index (χ3v) is 18.1. The molecule has 1 saturated heterocycles. The van der Waals surface area contributed by atoms with Gasteiger partial charge in [-0.1, -0.05) is 80.4 Å². The number of nitrogens with zero attached hydrogens (tertiary/aromatic N) is 2. The molecule has 0 spiro atoms. The molecule has 10 aliphatic rings. The molecule has 0 N–H and O–H groups in total. The molecule has 52 heavy (non-hydrogen) atoms. The summed E-state index contributed by atoms with van der Waals surface area (Å²) in [5, 5.41) is 0. The number of hydrogen-bond donors (Lipinski definition) is 0. The molecule has 0 amide bonds. The van der Waals surface area contributed by atoms with Gasteiger partial charge in [0.1, 0.15) is 0 Å². The monoisotopic (exact) mass is 705 g/mol. The van der Waals surface area contributed by atoms with Crippen LogP contribution in [0.4, 0.5) is 0 Å². The van der Waals surface area contributed by atoms with Gasteiger partial charge in [-0.05, 0) is 189 Å². The van der Waals surface area contributed by atoms with Crippen LogP contribution >= 0.6 is 0 Å². The third-order valence-electron chi connectivity index (χ3n) is 18.1. The molecule has 4 saturated carbocycles. The van der Waals surface area contributed by atoms with Gasteiger partial charge in [0.15, 0.2) is 0 Å². The van der Waals surface area contributed by atoms with Crippen LogP contribution in [0.15, 0.2) is 46.7 Å². The highest BCUT2D eigenvalue weighted by molar-refractivity contribution is 5.36. The van der Waals surface area contributed by atoms with Crippen LogP contribution in [-0.4, -0.2) is 40.0 Å². The van der Waals surface area contributed by atoms with E-state index < -0.39 is 0 Å². The van der Waals surface area contributed by atoms with Crippen LogP contribution in [0.1, 0.15) is 193 Å². The molecule has 0 bridgehead atoms. The van der Waals surface area contributed by atoms with Crippen LogP contribution in [0.5, 0.6) is 0 Å². The maximum Gasteiger partial charge on any atom is 0.0539 e. The molecule has 0 radical (unpaired) electrons. The lowest BCUT2D eigenvalue weighted by Gasteiger charge is -2.49. The Labute approximate surface area is 319 Å². The molecule has 286 valence electrons. The van der Waals surface area contributed by atoms with Crippen molar-refractivity contribution in [2.24, 2.45) is 41.4 Å². The van der Waals surface area contributed by atoms with Crippen LogP contribution in [-0.2, 0) is 0 Å². The molecule has 0 aromatic heterocycles. The number of likely N-dealkylation sites (tertiary alicyclic amines) is 1. The predicted molar refractivity (Wildman–Crippen MR) is 218 cm³/mol. The van der Waals surface area contributed by atoms with Gasteiger partial charge in [0, 0.05) is 35.8 Å². The minimum Gasteiger partial charge on any atom is -0.365 e. The summed E-state index contributed by atoms with van der Waals surface area (Å²) in [5.74, 6) is 6.61. The van der Waals surface area contributed by atoms with Crippen molar-refractivity contribution in [2.45, 2.75) is 223 Å². The first kappa shape index (κ1) is 35.2. The van der Waals surface area contributed by atoms with Gasteiger partial charge in [0.05, 0.1) is 6.04 Å². The molecule has 10 rings (SSSR count). The highest BCUT2D eigenvalue weighted by Crippen LogP contribution is 2.56. The molecule has 1 heterocycles. The Kier molecular flexibility index (Phi) is 10.6. The first-order valence-corrected chi connectivity index (χ1v) is 24.1. The highest BCUT2D eigenvalue weighted by atomic mass is 15.3. The fourth-order valence-corrected chi connectivity index (χ4v) is 15.6. The Morgan fingerprint density at radius 2 is 1.37 bits per heavy atom. The van der Waals surface area contributed by atoms with Crippen molar-refractivity contribution in [3.8, 4) is 0 Å². The van der Waals surface area contributed by atoms with Crippen LogP contribution < -0.4 is 0 Å². The topological polar surface area (TPSA) is 6.48 Å². The van der Waals surface area contributed by atoms with E-state index in [2.05, 4.69) is 34.1 Å². The Hall–Kier alpha value is -1.28. The Balaban J connectivity index is 0.908. The van der Waals surface area contributed by atoms with Crippen molar-refractivity contribution in [1.82, 2.24) is 9.80 Å². The maximum atomic E-state index is 3.26. The summed E-state index contributed by atoms with van der Waals surface area (Å²) in [4.78, 5) is 6.43. The molecule has 0 aromatic rings. The highest BCUT2D eigenvalue weighted by Gasteiger charge is 2.53. The zero-order chi connectivity index (χ0) is 34.4. The lowest BCUT2D eigenvalue weighted by molar-refractivity contribution is 0.0393. The lowest BCUT2D eigenvalue weighted by atomic mass is 9.64. The second-order valence-corrected chi connectivity index (χ2v) is 20.6. The zero-order valence-electron chi connectivity index (χ0n) is 33.3. The lowest BCUT2D eigenvalue weighted by Crippen LogP contribution is -2.52. The van der Waals surface area contributed by atoms with E-state index >= 15 is 0 Å². The Morgan fingerprint density at radius 1 is 0.558 bits per heavy atom. The summed E-state index contributed by atoms with van der Waals surface area (Å²) >= 11 is 0. The van der Waals surface area contributed by atoms with Crippen molar-refractivity contribution in [3.63, 3.8) is 0 Å². The van der Waals surface area contributed by atoms with Crippen molar-refractivity contribution in [3.05, 3.63) is 46.7 Å². The molecule has 9 aliphatic carbocycles. The summed E-state index contributed by atoms with van der Waals surface area (Å²) < 4.78 is 0. The van der Waals surface area contributed by atoms with Crippen LogP contribution in [0.25, 0.3) is 0 Å². The smallest absolute Gasteiger partial charge is 0.0539 e. The molecular weight excluding hydrogens is 629 g/mol. The van der Waals surface area contributed by atoms with E-state index in [0.29, 0.717) is 6.04 Å². The minimum absolute atomic E-state index is 0.684. The molecule has 1 aliphatic heterocycles. The van der Waals surface area contributed by atoms with Gasteiger partial charge in [-0.25, -0.2) is 0 Å². The van der Waals surface area contributed by atoms with E-state index in [1.807, 2.05) is 22.4 Å². The van der Waals surface area contributed by atoms with E-state index in [1.165, 1.54) is 167 Å². The fraction of sp³-hybridized carbons (Fsp3) is 0.840. The van der Waals surface area contributed by atoms with Gasteiger partial charge in [0.25, 0.3) is 0 Å². The van der Waals surface area contributed by atoms with Crippen LogP contribution in [0.3, 0.4) is 0 Å². The van der Waals surface area contributed by atoms with Gasteiger partial charge in [-0.2, -0.15) is 0 Å². The summed E-state index contributed by atoms with van der Waals surface area (Å²) in [5.41, 5.74) is 7.62. The molecule has 2 nitrogen and oxygen atoms in total. The van der Waals surface area contributed by atoms with Gasteiger partial charge >= 0.3 is 0 Å². The molecule has 9 atom stereocenters. The number of allylic oxidation sites excluding steroid dienone is 5. The van der Waals surface area contributed by atoms with Crippen molar-refractivity contribution >= 4 is 0 Å². The van der Waals surface area contributed by atoms with E-state index in [9.17, 15) is 0 Å². The quantitative estimate of drug-likeness (QED) is 0.254. The minimum atomic E-state index is 0.684. The number of rotatable bonds is 6. The molecule has 0 aromatic carbocycles. The largest absolute Gasteiger partial charge is 0.365 e. The SMILES string of the molecule is C1=C[C@H](C2CCC3CCCCC3C2)CCC1N(C1CCC(C2=CCCCC2)CC1)[C@@H]1CC=C2[C@@H](C1)C1CCC3=C(CCCC3)C1N2C1CCCCC1. The Bertz CT molecular complexity index is 1370. The number of hydrogen-bond acceptors (Lipinski definition) is 2. The normalized spacial score (nSPS) is 42.9. The summed E-state index contributed by atoms with van der Waals surface area (Å²) in [6.07, 6.45) is 55.2. The number of fused-ring (bicyclic) bond motifs is 5. The fourth-order valence-electron chi connectivity index (χ4n) is 15.6. The van der Waals surface area contributed by atoms with Crippen molar-refractivity contribution in [1.29, 1.82) is 0 Å². The third kappa shape index (κ3) is 6.80. The van der Waals surface area contributed by atoms with E-state index in [0.717, 1.165) is 65.6 Å². The van der Waals surface area contributed by atoms with E-state index in [1.54, 1.807) is 25.7 Å². The van der Waals surface area contributed by atoms with E-state index in [-0.39, 0.29) is 0 Å². The van der Waals surface area contributed by atoms with Gasteiger partial charge in [0.2, 0.25) is 0 Å². The Morgan fingerprint density at radius 3 is 2.19 bits per heavy atom. The summed E-state index contributed by atoms with van der Waals surface area (Å²) in [6, 6.07) is 3.83. The van der Waals surface area contributed by atoms with Crippen molar-refractivity contribution < 1.29 is 0 Å². The predicted octanol–water partition coefficient (Wildman–Crippen LogP) is 13.2. The molecular formula is C50H76N2. The molecule has 2 heteroatoms. The van der Waals surface area contributed by atoms with Crippen LogP contribution in [0, 0.1) is 41.4 Å². The standard InChI is InChI=1S/C50H76N2/c1-3-11-35(12-4-1)37-21-26-43(27-22-37)51(44-28-23-38(24-29-44)41-20-19-36-13-7-8-15-40(36)33-41)45-30-32-49-48(34-45)47-31-25-39-14-9-10-18-46(39)50(47)52(49)42-16-5-2-6-17-42/h11,23,28,32,36-38,40-45,47-48,50H,1-10,12-22,24-27,29-31,33-34H2/t36?,37?,38-,40?,41?,43?,44?,45+,47?,48-,50?/m0/s1. The van der Waals surface area contributed by atoms with Gasteiger partial charge < -0.3 is 4.90 Å². The zero-order valence-corrected chi connectivity index (χ0v) is 33.3. The average Bonchev–Trinajstić information content (AvgIpc) is 3.56. The van der Waals surface area contributed by atoms with Crippen molar-refractivity contribution in [2.75, 3.05) is 0 Å². The van der Waals surface area contributed by atoms with Crippen LogP contribution in [0.2, 0.25) is 0 Å². The second kappa shape index (κ2) is 15.7. The first-order valence-electron chi connectivity index (χ1n) is 24.1.